The van der Waals surface area contributed by atoms with Gasteiger partial charge in [-0.05, 0) is 62.3 Å². The normalized spacial score (nSPS) is 22.9. The highest BCUT2D eigenvalue weighted by atomic mass is 16.3. The third kappa shape index (κ3) is 3.05. The van der Waals surface area contributed by atoms with Gasteiger partial charge in [0.05, 0.1) is 6.04 Å². The lowest BCUT2D eigenvalue weighted by atomic mass is 9.87. The minimum absolute atomic E-state index is 0.165. The molecule has 1 aliphatic carbocycles. The maximum atomic E-state index is 12.4. The number of phenolic OH excluding ortho intramolecular Hbond substituents is 1. The van der Waals surface area contributed by atoms with Crippen molar-refractivity contribution in [3.05, 3.63) is 29.3 Å². The Labute approximate surface area is 126 Å². The van der Waals surface area contributed by atoms with Gasteiger partial charge < -0.3 is 10.0 Å². The van der Waals surface area contributed by atoms with Crippen molar-refractivity contribution in [2.24, 2.45) is 0 Å². The molecule has 2 atom stereocenters. The van der Waals surface area contributed by atoms with E-state index in [0.717, 1.165) is 50.8 Å². The van der Waals surface area contributed by atoms with E-state index in [1.807, 2.05) is 24.0 Å². The first-order valence-electron chi connectivity index (χ1n) is 8.02. The van der Waals surface area contributed by atoms with Crippen LogP contribution >= 0.6 is 0 Å². The molecule has 1 saturated heterocycles. The molecule has 114 valence electrons. The number of hydrogen-bond donors (Lipinski definition) is 2. The number of aromatic hydroxyl groups is 1. The summed E-state index contributed by atoms with van der Waals surface area (Å²) in [6.07, 6.45) is 5.45. The third-order valence-corrected chi connectivity index (χ3v) is 4.68. The van der Waals surface area contributed by atoms with E-state index in [-0.39, 0.29) is 18.0 Å². The minimum Gasteiger partial charge on any atom is -0.508 e. The Bertz CT molecular complexity index is 524. The number of amides is 1. The van der Waals surface area contributed by atoms with E-state index in [1.165, 1.54) is 5.56 Å². The van der Waals surface area contributed by atoms with Crippen molar-refractivity contribution in [3.63, 3.8) is 0 Å². The predicted molar refractivity (Wildman–Crippen MR) is 82.2 cm³/mol. The number of nitrogens with zero attached hydrogens (tertiary/aromatic N) is 1. The van der Waals surface area contributed by atoms with Crippen molar-refractivity contribution in [2.45, 2.75) is 51.1 Å². The number of fused-ring (bicyclic) bond motifs is 1. The predicted octanol–water partition coefficient (Wildman–Crippen LogP) is 2.37. The summed E-state index contributed by atoms with van der Waals surface area (Å²) in [5.41, 5.74) is 2.44. The van der Waals surface area contributed by atoms with E-state index in [2.05, 4.69) is 5.32 Å². The molecule has 1 aliphatic heterocycles. The maximum Gasteiger partial charge on any atom is 0.239 e. The van der Waals surface area contributed by atoms with Crippen LogP contribution in [0.5, 0.6) is 5.75 Å². The highest BCUT2D eigenvalue weighted by Crippen LogP contribution is 2.32. The minimum atomic E-state index is -0.165. The number of benzene rings is 1. The second-order valence-corrected chi connectivity index (χ2v) is 6.25. The van der Waals surface area contributed by atoms with Gasteiger partial charge in [-0.2, -0.15) is 0 Å². The van der Waals surface area contributed by atoms with Crippen LogP contribution in [-0.4, -0.2) is 35.0 Å². The fraction of sp³-hybridized carbons (Fsp3) is 0.588. The van der Waals surface area contributed by atoms with Gasteiger partial charge in [-0.1, -0.05) is 6.07 Å². The van der Waals surface area contributed by atoms with Gasteiger partial charge in [-0.3, -0.25) is 10.1 Å². The van der Waals surface area contributed by atoms with Crippen LogP contribution in [0.25, 0.3) is 0 Å². The number of carbonyl (C=O) groups is 1. The number of rotatable bonds is 3. The molecule has 1 heterocycles. The molecular formula is C17H24N2O2. The quantitative estimate of drug-likeness (QED) is 0.898. The highest BCUT2D eigenvalue weighted by molar-refractivity contribution is 5.81. The third-order valence-electron chi connectivity index (χ3n) is 4.68. The molecule has 4 heteroatoms. The van der Waals surface area contributed by atoms with Crippen molar-refractivity contribution in [1.29, 1.82) is 0 Å². The van der Waals surface area contributed by atoms with Crippen molar-refractivity contribution in [3.8, 4) is 5.75 Å². The summed E-state index contributed by atoms with van der Waals surface area (Å²) < 4.78 is 0. The molecule has 1 amide bonds. The summed E-state index contributed by atoms with van der Waals surface area (Å²) in [4.78, 5) is 14.4. The molecular weight excluding hydrogens is 264 g/mol. The lowest BCUT2D eigenvalue weighted by molar-refractivity contribution is -0.132. The molecule has 1 aromatic carbocycles. The largest absolute Gasteiger partial charge is 0.508 e. The number of aryl methyl sites for hydroxylation is 1. The number of hydrogen-bond acceptors (Lipinski definition) is 3. The summed E-state index contributed by atoms with van der Waals surface area (Å²) in [6.45, 7) is 3.75. The van der Waals surface area contributed by atoms with E-state index in [9.17, 15) is 9.90 Å². The van der Waals surface area contributed by atoms with Crippen molar-refractivity contribution >= 4 is 5.91 Å². The Morgan fingerprint density at radius 1 is 1.33 bits per heavy atom. The fourth-order valence-corrected chi connectivity index (χ4v) is 3.54. The lowest BCUT2D eigenvalue weighted by Crippen LogP contribution is -2.45. The maximum absolute atomic E-state index is 12.4. The van der Waals surface area contributed by atoms with Gasteiger partial charge >= 0.3 is 0 Å². The molecule has 0 saturated carbocycles. The summed E-state index contributed by atoms with van der Waals surface area (Å²) >= 11 is 0. The molecule has 0 radical (unpaired) electrons. The standard InChI is InChI=1S/C17H24N2O2/c1-12(17(21)19-9-2-3-10-19)18-16-6-4-5-13-7-8-14(20)11-15(13)16/h7-8,11-12,16,18,20H,2-6,9-10H2,1H3. The zero-order valence-electron chi connectivity index (χ0n) is 12.6. The van der Waals surface area contributed by atoms with Crippen molar-refractivity contribution in [1.82, 2.24) is 10.2 Å². The summed E-state index contributed by atoms with van der Waals surface area (Å²) in [5.74, 6) is 0.515. The molecule has 0 bridgehead atoms. The van der Waals surface area contributed by atoms with E-state index in [0.29, 0.717) is 5.75 Å². The number of phenols is 1. The molecule has 21 heavy (non-hydrogen) atoms. The Hall–Kier alpha value is -1.55. The van der Waals surface area contributed by atoms with E-state index >= 15 is 0 Å². The van der Waals surface area contributed by atoms with Gasteiger partial charge in [-0.25, -0.2) is 0 Å². The van der Waals surface area contributed by atoms with Gasteiger partial charge in [-0.15, -0.1) is 0 Å². The summed E-state index contributed by atoms with van der Waals surface area (Å²) in [5, 5.41) is 13.2. The van der Waals surface area contributed by atoms with Crippen LogP contribution in [0, 0.1) is 0 Å². The van der Waals surface area contributed by atoms with Crippen LogP contribution in [0.15, 0.2) is 18.2 Å². The molecule has 2 aliphatic rings. The monoisotopic (exact) mass is 288 g/mol. The van der Waals surface area contributed by atoms with Crippen LogP contribution < -0.4 is 5.32 Å². The smallest absolute Gasteiger partial charge is 0.239 e. The van der Waals surface area contributed by atoms with Gasteiger partial charge in [0.15, 0.2) is 0 Å². The molecule has 2 unspecified atom stereocenters. The van der Waals surface area contributed by atoms with Crippen molar-refractivity contribution in [2.75, 3.05) is 13.1 Å². The highest BCUT2D eigenvalue weighted by Gasteiger charge is 2.27. The first-order chi connectivity index (χ1) is 10.1. The SMILES string of the molecule is CC(NC1CCCc2ccc(O)cc21)C(=O)N1CCCC1. The first-order valence-corrected chi connectivity index (χ1v) is 8.02. The Morgan fingerprint density at radius 3 is 2.86 bits per heavy atom. The van der Waals surface area contributed by atoms with Gasteiger partial charge in [0, 0.05) is 19.1 Å². The molecule has 3 rings (SSSR count). The zero-order valence-corrected chi connectivity index (χ0v) is 12.6. The Morgan fingerprint density at radius 2 is 2.10 bits per heavy atom. The topological polar surface area (TPSA) is 52.6 Å². The molecule has 1 fully saturated rings. The average molecular weight is 288 g/mol. The van der Waals surface area contributed by atoms with Gasteiger partial charge in [0.2, 0.25) is 5.91 Å². The molecule has 0 aromatic heterocycles. The van der Waals surface area contributed by atoms with Crippen molar-refractivity contribution < 1.29 is 9.90 Å². The van der Waals surface area contributed by atoms with Crippen LogP contribution in [0.4, 0.5) is 0 Å². The Kier molecular flexibility index (Phi) is 4.15. The van der Waals surface area contributed by atoms with Crippen LogP contribution in [0.2, 0.25) is 0 Å². The first kappa shape index (κ1) is 14.4. The summed E-state index contributed by atoms with van der Waals surface area (Å²) in [7, 11) is 0. The van der Waals surface area contributed by atoms with E-state index in [4.69, 9.17) is 0 Å². The number of nitrogens with one attached hydrogen (secondary N) is 1. The summed E-state index contributed by atoms with van der Waals surface area (Å²) in [6, 6.07) is 5.61. The molecule has 4 nitrogen and oxygen atoms in total. The average Bonchev–Trinajstić information content (AvgIpc) is 3.01. The molecule has 1 aromatic rings. The van der Waals surface area contributed by atoms with Crippen LogP contribution in [-0.2, 0) is 11.2 Å². The second-order valence-electron chi connectivity index (χ2n) is 6.25. The van der Waals surface area contributed by atoms with Gasteiger partial charge in [0.1, 0.15) is 5.75 Å². The lowest BCUT2D eigenvalue weighted by Gasteiger charge is -2.30. The zero-order chi connectivity index (χ0) is 14.8. The number of carbonyl (C=O) groups excluding carboxylic acids is 1. The molecule has 0 spiro atoms. The second kappa shape index (κ2) is 6.06. The number of likely N-dealkylation sites (tertiary alicyclic amines) is 1. The van der Waals surface area contributed by atoms with Gasteiger partial charge in [0.25, 0.3) is 0 Å². The fourth-order valence-electron chi connectivity index (χ4n) is 3.54. The van der Waals surface area contributed by atoms with E-state index in [1.54, 1.807) is 6.07 Å². The van der Waals surface area contributed by atoms with E-state index < -0.39 is 0 Å². The van der Waals surface area contributed by atoms with Crippen LogP contribution in [0.1, 0.15) is 49.8 Å². The van der Waals surface area contributed by atoms with Crippen LogP contribution in [0.3, 0.4) is 0 Å². The Balaban J connectivity index is 1.71. The molecule has 2 N–H and O–H groups in total.